The van der Waals surface area contributed by atoms with Gasteiger partial charge < -0.3 is 15.2 Å². The van der Waals surface area contributed by atoms with E-state index < -0.39 is 0 Å². The highest BCUT2D eigenvalue weighted by Gasteiger charge is 2.17. The maximum absolute atomic E-state index is 6.19. The lowest BCUT2D eigenvalue weighted by molar-refractivity contribution is 0.190. The highest BCUT2D eigenvalue weighted by Crippen LogP contribution is 2.23. The SMILES string of the molecule is COc1cncc(C(N)C(C)Oc2cccc(Cl)c2)c1. The van der Waals surface area contributed by atoms with Crippen molar-refractivity contribution in [2.75, 3.05) is 7.11 Å². The van der Waals surface area contributed by atoms with E-state index in [-0.39, 0.29) is 12.1 Å². The first-order chi connectivity index (χ1) is 9.60. The Morgan fingerprint density at radius 1 is 1.20 bits per heavy atom. The first-order valence-corrected chi connectivity index (χ1v) is 6.64. The lowest BCUT2D eigenvalue weighted by Gasteiger charge is -2.22. The molecule has 0 saturated carbocycles. The van der Waals surface area contributed by atoms with Gasteiger partial charge in [-0.2, -0.15) is 0 Å². The molecule has 20 heavy (non-hydrogen) atoms. The summed E-state index contributed by atoms with van der Waals surface area (Å²) in [6, 6.07) is 8.79. The average molecular weight is 293 g/mol. The first kappa shape index (κ1) is 14.6. The van der Waals surface area contributed by atoms with E-state index in [1.54, 1.807) is 31.6 Å². The maximum Gasteiger partial charge on any atom is 0.137 e. The van der Waals surface area contributed by atoms with Gasteiger partial charge in [0.1, 0.15) is 17.6 Å². The van der Waals surface area contributed by atoms with Gasteiger partial charge in [-0.25, -0.2) is 0 Å². The molecule has 2 unspecified atom stereocenters. The molecule has 2 aromatic rings. The predicted molar refractivity (Wildman–Crippen MR) is 79.3 cm³/mol. The van der Waals surface area contributed by atoms with Gasteiger partial charge in [-0.15, -0.1) is 0 Å². The van der Waals surface area contributed by atoms with Crippen LogP contribution in [0.25, 0.3) is 0 Å². The van der Waals surface area contributed by atoms with Gasteiger partial charge in [-0.3, -0.25) is 4.98 Å². The molecule has 0 spiro atoms. The number of nitrogens with zero attached hydrogens (tertiary/aromatic N) is 1. The number of nitrogens with two attached hydrogens (primary N) is 1. The largest absolute Gasteiger partial charge is 0.495 e. The van der Waals surface area contributed by atoms with Crippen LogP contribution in [-0.2, 0) is 0 Å². The number of halogens is 1. The van der Waals surface area contributed by atoms with Gasteiger partial charge in [0, 0.05) is 11.2 Å². The minimum absolute atomic E-state index is 0.220. The topological polar surface area (TPSA) is 57.4 Å². The zero-order valence-corrected chi connectivity index (χ0v) is 12.2. The Bertz CT molecular complexity index is 577. The molecular weight excluding hydrogens is 276 g/mol. The molecule has 0 amide bonds. The van der Waals surface area contributed by atoms with Crippen molar-refractivity contribution in [3.8, 4) is 11.5 Å². The Labute approximate surface area is 123 Å². The minimum Gasteiger partial charge on any atom is -0.495 e. The summed E-state index contributed by atoms with van der Waals surface area (Å²) in [7, 11) is 1.60. The number of methoxy groups -OCH3 is 1. The van der Waals surface area contributed by atoms with Crippen LogP contribution in [0.2, 0.25) is 5.02 Å². The Morgan fingerprint density at radius 3 is 2.70 bits per heavy atom. The van der Waals surface area contributed by atoms with Crippen LogP contribution in [0.5, 0.6) is 11.5 Å². The molecule has 2 N–H and O–H groups in total. The van der Waals surface area contributed by atoms with Gasteiger partial charge in [0.25, 0.3) is 0 Å². The maximum atomic E-state index is 6.19. The van der Waals surface area contributed by atoms with Crippen LogP contribution in [-0.4, -0.2) is 18.2 Å². The fourth-order valence-corrected chi connectivity index (χ4v) is 2.01. The van der Waals surface area contributed by atoms with Crippen molar-refractivity contribution in [1.29, 1.82) is 0 Å². The third-order valence-electron chi connectivity index (χ3n) is 2.98. The second kappa shape index (κ2) is 6.59. The van der Waals surface area contributed by atoms with Crippen molar-refractivity contribution in [3.63, 3.8) is 0 Å². The molecule has 4 nitrogen and oxygen atoms in total. The van der Waals surface area contributed by atoms with Gasteiger partial charge >= 0.3 is 0 Å². The predicted octanol–water partition coefficient (Wildman–Crippen LogP) is 3.21. The van der Waals surface area contributed by atoms with Crippen LogP contribution in [0.1, 0.15) is 18.5 Å². The van der Waals surface area contributed by atoms with Gasteiger partial charge in [-0.1, -0.05) is 17.7 Å². The summed E-state index contributed by atoms with van der Waals surface area (Å²) in [5.74, 6) is 1.37. The van der Waals surface area contributed by atoms with E-state index in [0.717, 1.165) is 5.56 Å². The number of rotatable bonds is 5. The molecule has 0 saturated heterocycles. The molecule has 2 atom stereocenters. The van der Waals surface area contributed by atoms with Crippen LogP contribution in [0.4, 0.5) is 0 Å². The standard InChI is InChI=1S/C15H17ClN2O2/c1-10(20-13-5-3-4-12(16)7-13)15(17)11-6-14(19-2)9-18-8-11/h3-10,15H,17H2,1-2H3. The number of pyridine rings is 1. The summed E-state index contributed by atoms with van der Waals surface area (Å²) in [6.07, 6.45) is 3.13. The second-order valence-corrected chi connectivity index (χ2v) is 4.90. The van der Waals surface area contributed by atoms with Crippen LogP contribution >= 0.6 is 11.6 Å². The van der Waals surface area contributed by atoms with Gasteiger partial charge in [-0.05, 0) is 36.8 Å². The third kappa shape index (κ3) is 3.62. The average Bonchev–Trinajstić information content (AvgIpc) is 2.46. The van der Waals surface area contributed by atoms with Crippen LogP contribution in [0.15, 0.2) is 42.7 Å². The Kier molecular flexibility index (Phi) is 4.82. The molecule has 0 aliphatic rings. The van der Waals surface area contributed by atoms with Gasteiger partial charge in [0.2, 0.25) is 0 Å². The molecule has 1 aromatic carbocycles. The second-order valence-electron chi connectivity index (χ2n) is 4.46. The van der Waals surface area contributed by atoms with E-state index >= 15 is 0 Å². The summed E-state index contributed by atoms with van der Waals surface area (Å²) in [6.45, 7) is 1.91. The normalized spacial score (nSPS) is 13.6. The van der Waals surface area contributed by atoms with Crippen LogP contribution in [0.3, 0.4) is 0 Å². The summed E-state index contributed by atoms with van der Waals surface area (Å²) < 4.78 is 10.9. The molecule has 1 heterocycles. The van der Waals surface area contributed by atoms with E-state index in [9.17, 15) is 0 Å². The van der Waals surface area contributed by atoms with Gasteiger partial charge in [0.05, 0.1) is 19.3 Å². The highest BCUT2D eigenvalue weighted by molar-refractivity contribution is 6.30. The number of hydrogen-bond acceptors (Lipinski definition) is 4. The van der Waals surface area contributed by atoms with E-state index in [0.29, 0.717) is 16.5 Å². The number of hydrogen-bond donors (Lipinski definition) is 1. The molecule has 0 fully saturated rings. The number of ether oxygens (including phenoxy) is 2. The third-order valence-corrected chi connectivity index (χ3v) is 3.21. The molecule has 0 aliphatic carbocycles. The summed E-state index contributed by atoms with van der Waals surface area (Å²) in [4.78, 5) is 4.10. The molecular formula is C15H17ClN2O2. The van der Waals surface area contributed by atoms with Crippen LogP contribution in [0, 0.1) is 0 Å². The van der Waals surface area contributed by atoms with Crippen molar-refractivity contribution >= 4 is 11.6 Å². The molecule has 1 aromatic heterocycles. The quantitative estimate of drug-likeness (QED) is 0.919. The van der Waals surface area contributed by atoms with Crippen LogP contribution < -0.4 is 15.2 Å². The van der Waals surface area contributed by atoms with Crippen molar-refractivity contribution < 1.29 is 9.47 Å². The smallest absolute Gasteiger partial charge is 0.137 e. The Morgan fingerprint density at radius 2 is 2.00 bits per heavy atom. The van der Waals surface area contributed by atoms with E-state index in [2.05, 4.69) is 4.98 Å². The molecule has 2 rings (SSSR count). The van der Waals surface area contributed by atoms with Crippen molar-refractivity contribution in [3.05, 3.63) is 53.3 Å². The van der Waals surface area contributed by atoms with Crippen molar-refractivity contribution in [2.45, 2.75) is 19.1 Å². The first-order valence-electron chi connectivity index (χ1n) is 6.27. The molecule has 0 bridgehead atoms. The fraction of sp³-hybridized carbons (Fsp3) is 0.267. The lowest BCUT2D eigenvalue weighted by Crippen LogP contribution is -2.28. The molecule has 0 aliphatic heterocycles. The van der Waals surface area contributed by atoms with Crippen molar-refractivity contribution in [1.82, 2.24) is 4.98 Å². The summed E-state index contributed by atoms with van der Waals surface area (Å²) in [5.41, 5.74) is 7.05. The zero-order valence-electron chi connectivity index (χ0n) is 11.4. The molecule has 0 radical (unpaired) electrons. The molecule has 5 heteroatoms. The summed E-state index contributed by atoms with van der Waals surface area (Å²) in [5, 5.41) is 0.631. The number of benzene rings is 1. The highest BCUT2D eigenvalue weighted by atomic mass is 35.5. The van der Waals surface area contributed by atoms with E-state index in [1.165, 1.54) is 0 Å². The Hall–Kier alpha value is -1.78. The molecule has 106 valence electrons. The zero-order chi connectivity index (χ0) is 14.5. The Balaban J connectivity index is 2.09. The fourth-order valence-electron chi connectivity index (χ4n) is 1.83. The number of aromatic nitrogens is 1. The lowest BCUT2D eigenvalue weighted by atomic mass is 10.1. The van der Waals surface area contributed by atoms with Gasteiger partial charge in [0.15, 0.2) is 0 Å². The van der Waals surface area contributed by atoms with E-state index in [1.807, 2.05) is 25.1 Å². The summed E-state index contributed by atoms with van der Waals surface area (Å²) >= 11 is 5.93. The van der Waals surface area contributed by atoms with Crippen molar-refractivity contribution in [2.24, 2.45) is 5.73 Å². The monoisotopic (exact) mass is 292 g/mol. The minimum atomic E-state index is -0.309. The van der Waals surface area contributed by atoms with E-state index in [4.69, 9.17) is 26.8 Å².